The summed E-state index contributed by atoms with van der Waals surface area (Å²) in [7, 11) is 2.27. The summed E-state index contributed by atoms with van der Waals surface area (Å²) in [5, 5.41) is 18.3. The number of thiophene rings is 1. The summed E-state index contributed by atoms with van der Waals surface area (Å²) in [6, 6.07) is 12.6. The van der Waals surface area contributed by atoms with E-state index in [2.05, 4.69) is 50.9 Å². The summed E-state index contributed by atoms with van der Waals surface area (Å²) in [6.45, 7) is 7.00. The van der Waals surface area contributed by atoms with Crippen LogP contribution in [0.2, 0.25) is 0 Å². The molecule has 4 nitrogen and oxygen atoms in total. The molecule has 0 saturated heterocycles. The van der Waals surface area contributed by atoms with Gasteiger partial charge in [0.1, 0.15) is 11.6 Å². The topological polar surface area (TPSA) is 64.3 Å². The lowest BCUT2D eigenvalue weighted by Gasteiger charge is -2.49. The number of rotatable bonds is 13. The highest BCUT2D eigenvalue weighted by atomic mass is 32.1. The minimum Gasteiger partial charge on any atom is -0.477 e. The van der Waals surface area contributed by atoms with E-state index in [1.165, 1.54) is 105 Å². The van der Waals surface area contributed by atoms with Gasteiger partial charge in [0, 0.05) is 28.0 Å². The van der Waals surface area contributed by atoms with Crippen LogP contribution in [0.3, 0.4) is 0 Å². The summed E-state index contributed by atoms with van der Waals surface area (Å²) in [4.78, 5) is 15.7. The van der Waals surface area contributed by atoms with E-state index in [0.29, 0.717) is 5.92 Å². The SMILES string of the molecule is CCCCCCC1CC(C)(CCCCCC)N(C)c2ccc(-c3ccc(/C=C(/C#N)C(=O)O)s3)cc21. The molecule has 1 aliphatic rings. The number of fused-ring (bicyclic) bond motifs is 1. The largest absolute Gasteiger partial charge is 0.477 e. The minimum atomic E-state index is -1.19. The van der Waals surface area contributed by atoms with Crippen molar-refractivity contribution in [3.63, 3.8) is 0 Å². The average Bonchev–Trinajstić information content (AvgIpc) is 3.34. The minimum absolute atomic E-state index is 0.184. The van der Waals surface area contributed by atoms with Crippen molar-refractivity contribution in [3.05, 3.63) is 46.3 Å². The van der Waals surface area contributed by atoms with E-state index >= 15 is 0 Å². The van der Waals surface area contributed by atoms with Crippen LogP contribution in [0.5, 0.6) is 0 Å². The smallest absolute Gasteiger partial charge is 0.346 e. The maximum Gasteiger partial charge on any atom is 0.346 e. The Morgan fingerprint density at radius 3 is 2.53 bits per heavy atom. The molecule has 1 N–H and O–H groups in total. The van der Waals surface area contributed by atoms with Crippen molar-refractivity contribution in [3.8, 4) is 16.5 Å². The molecule has 0 amide bonds. The van der Waals surface area contributed by atoms with E-state index in [1.807, 2.05) is 12.1 Å². The van der Waals surface area contributed by atoms with Gasteiger partial charge < -0.3 is 10.0 Å². The third kappa shape index (κ3) is 6.79. The van der Waals surface area contributed by atoms with Crippen molar-refractivity contribution in [2.75, 3.05) is 11.9 Å². The fraction of sp³-hybridized carbons (Fsp3) is 0.548. The summed E-state index contributed by atoms with van der Waals surface area (Å²) in [6.07, 6.45) is 15.5. The molecule has 1 aliphatic heterocycles. The van der Waals surface area contributed by atoms with Crippen molar-refractivity contribution in [2.24, 2.45) is 0 Å². The Balaban J connectivity index is 1.90. The summed E-state index contributed by atoms with van der Waals surface area (Å²) in [5.74, 6) is -0.631. The third-order valence-corrected chi connectivity index (χ3v) is 8.93. The van der Waals surface area contributed by atoms with Gasteiger partial charge in [-0.2, -0.15) is 5.26 Å². The summed E-state index contributed by atoms with van der Waals surface area (Å²) < 4.78 is 0. The quantitative estimate of drug-likeness (QED) is 0.167. The molecule has 0 saturated carbocycles. The van der Waals surface area contributed by atoms with E-state index < -0.39 is 5.97 Å². The van der Waals surface area contributed by atoms with E-state index in [1.54, 1.807) is 6.07 Å². The molecule has 194 valence electrons. The average molecular weight is 507 g/mol. The molecule has 0 aliphatic carbocycles. The highest BCUT2D eigenvalue weighted by Crippen LogP contribution is 2.48. The van der Waals surface area contributed by atoms with Gasteiger partial charge in [-0.1, -0.05) is 71.3 Å². The normalized spacial score (nSPS) is 19.7. The molecule has 5 heteroatoms. The fourth-order valence-electron chi connectivity index (χ4n) is 5.56. The van der Waals surface area contributed by atoms with Gasteiger partial charge in [-0.3, -0.25) is 0 Å². The molecular formula is C31H42N2O2S. The van der Waals surface area contributed by atoms with Crippen LogP contribution in [0, 0.1) is 11.3 Å². The highest BCUT2D eigenvalue weighted by molar-refractivity contribution is 7.16. The van der Waals surface area contributed by atoms with Crippen LogP contribution in [-0.2, 0) is 4.79 Å². The number of aliphatic carboxylic acids is 1. The zero-order valence-corrected chi connectivity index (χ0v) is 23.3. The molecule has 1 aromatic heterocycles. The Hall–Kier alpha value is -2.58. The zero-order chi connectivity index (χ0) is 26.1. The lowest BCUT2D eigenvalue weighted by Crippen LogP contribution is -2.48. The predicted molar refractivity (Wildman–Crippen MR) is 153 cm³/mol. The third-order valence-electron chi connectivity index (χ3n) is 7.85. The molecule has 0 radical (unpaired) electrons. The second kappa shape index (κ2) is 13.1. The van der Waals surface area contributed by atoms with Crippen LogP contribution in [0.25, 0.3) is 16.5 Å². The number of anilines is 1. The predicted octanol–water partition coefficient (Wildman–Crippen LogP) is 9.03. The van der Waals surface area contributed by atoms with Crippen LogP contribution in [0.15, 0.2) is 35.9 Å². The van der Waals surface area contributed by atoms with E-state index in [0.717, 1.165) is 9.75 Å². The number of nitriles is 1. The van der Waals surface area contributed by atoms with E-state index in [9.17, 15) is 9.90 Å². The van der Waals surface area contributed by atoms with Crippen LogP contribution >= 0.6 is 11.3 Å². The van der Waals surface area contributed by atoms with Crippen molar-refractivity contribution in [2.45, 2.75) is 103 Å². The number of carboxylic acids is 1. The first-order valence-corrected chi connectivity index (χ1v) is 14.5. The molecule has 36 heavy (non-hydrogen) atoms. The van der Waals surface area contributed by atoms with Gasteiger partial charge in [-0.25, -0.2) is 4.79 Å². The van der Waals surface area contributed by atoms with Gasteiger partial charge in [0.05, 0.1) is 0 Å². The highest BCUT2D eigenvalue weighted by Gasteiger charge is 2.38. The number of carbonyl (C=O) groups is 1. The first kappa shape index (κ1) is 28.0. The lowest BCUT2D eigenvalue weighted by molar-refractivity contribution is -0.132. The van der Waals surface area contributed by atoms with Crippen LogP contribution < -0.4 is 4.90 Å². The van der Waals surface area contributed by atoms with Crippen LogP contribution in [0.4, 0.5) is 5.69 Å². The van der Waals surface area contributed by atoms with Gasteiger partial charge in [0.15, 0.2) is 0 Å². The van der Waals surface area contributed by atoms with Gasteiger partial charge >= 0.3 is 5.97 Å². The zero-order valence-electron chi connectivity index (χ0n) is 22.5. The Morgan fingerprint density at radius 2 is 1.86 bits per heavy atom. The number of unbranched alkanes of at least 4 members (excludes halogenated alkanes) is 6. The van der Waals surface area contributed by atoms with E-state index in [-0.39, 0.29) is 11.1 Å². The van der Waals surface area contributed by atoms with Crippen molar-refractivity contribution >= 4 is 29.1 Å². The summed E-state index contributed by atoms with van der Waals surface area (Å²) in [5.41, 5.74) is 3.93. The van der Waals surface area contributed by atoms with E-state index in [4.69, 9.17) is 5.26 Å². The molecule has 2 unspecified atom stereocenters. The van der Waals surface area contributed by atoms with Crippen molar-refractivity contribution in [1.82, 2.24) is 0 Å². The number of benzene rings is 1. The number of hydrogen-bond donors (Lipinski definition) is 1. The van der Waals surface area contributed by atoms with Gasteiger partial charge in [0.25, 0.3) is 0 Å². The maximum absolute atomic E-state index is 11.2. The molecule has 1 aromatic carbocycles. The first-order valence-electron chi connectivity index (χ1n) is 13.7. The number of nitrogens with zero attached hydrogens (tertiary/aromatic N) is 2. The molecule has 2 atom stereocenters. The second-order valence-electron chi connectivity index (χ2n) is 10.6. The maximum atomic E-state index is 11.2. The summed E-state index contributed by atoms with van der Waals surface area (Å²) >= 11 is 1.54. The Labute approximate surface area is 221 Å². The second-order valence-corrected chi connectivity index (χ2v) is 11.7. The molecule has 0 bridgehead atoms. The van der Waals surface area contributed by atoms with Crippen LogP contribution in [-0.4, -0.2) is 23.7 Å². The first-order chi connectivity index (χ1) is 17.3. The Morgan fingerprint density at radius 1 is 1.14 bits per heavy atom. The number of hydrogen-bond acceptors (Lipinski definition) is 4. The van der Waals surface area contributed by atoms with Gasteiger partial charge in [-0.15, -0.1) is 11.3 Å². The monoisotopic (exact) mass is 506 g/mol. The Kier molecular flexibility index (Phi) is 10.2. The van der Waals surface area contributed by atoms with Gasteiger partial charge in [-0.05, 0) is 73.6 Å². The van der Waals surface area contributed by atoms with Crippen molar-refractivity contribution < 1.29 is 9.90 Å². The molecule has 2 aromatic rings. The molecule has 2 heterocycles. The molecule has 0 fully saturated rings. The van der Waals surface area contributed by atoms with Crippen LogP contribution in [0.1, 0.15) is 108 Å². The molecular weight excluding hydrogens is 464 g/mol. The number of carboxylic acid groups (broad SMARTS) is 1. The van der Waals surface area contributed by atoms with Crippen molar-refractivity contribution in [1.29, 1.82) is 5.26 Å². The fourth-order valence-corrected chi connectivity index (χ4v) is 6.50. The molecule has 0 spiro atoms. The Bertz CT molecular complexity index is 1100. The van der Waals surface area contributed by atoms with Gasteiger partial charge in [0.2, 0.25) is 0 Å². The lowest BCUT2D eigenvalue weighted by atomic mass is 9.74. The standard InChI is InChI=1S/C31H42N2O2S/c1-5-7-9-11-13-24-21-31(3,18-12-10-8-6-2)33(4)28-16-14-23(20-27(24)28)29-17-15-26(36-29)19-25(22-32)30(34)35/h14-17,19-20,24H,5-13,18,21H2,1-4H3,(H,34,35)/b25-19-. The molecule has 3 rings (SSSR count).